The molecule has 10 heteroatoms. The molecule has 0 heterocycles. The first-order valence-corrected chi connectivity index (χ1v) is 8.26. The molecule has 28 heavy (non-hydrogen) atoms. The Balaban J connectivity index is 2.24. The average Bonchev–Trinajstić information content (AvgIpc) is 2.66. The monoisotopic (exact) mass is 387 g/mol. The Bertz CT molecular complexity index is 904. The summed E-state index contributed by atoms with van der Waals surface area (Å²) in [6.07, 6.45) is 0.689. The number of hydrogen-bond donors (Lipinski definition) is 1. The predicted molar refractivity (Wildman–Crippen MR) is 99.5 cm³/mol. The van der Waals surface area contributed by atoms with Crippen LogP contribution in [0, 0.1) is 27.2 Å². The van der Waals surface area contributed by atoms with Crippen LogP contribution >= 0.6 is 0 Å². The van der Waals surface area contributed by atoms with Crippen molar-refractivity contribution in [3.63, 3.8) is 0 Å². The molecule has 0 aliphatic carbocycles. The molecule has 0 bridgehead atoms. The second kappa shape index (κ2) is 8.71. The summed E-state index contributed by atoms with van der Waals surface area (Å²) in [4.78, 5) is 44.8. The third kappa shape index (κ3) is 4.67. The van der Waals surface area contributed by atoms with Gasteiger partial charge in [0.05, 0.1) is 27.6 Å². The lowest BCUT2D eigenvalue weighted by molar-refractivity contribution is -0.395. The molecule has 146 valence electrons. The van der Waals surface area contributed by atoms with Crippen LogP contribution in [0.2, 0.25) is 0 Å². The largest absolute Gasteiger partial charge is 0.462 e. The Morgan fingerprint density at radius 3 is 2.00 bits per heavy atom. The number of carbonyl (C=O) groups is 2. The van der Waals surface area contributed by atoms with E-state index < -0.39 is 33.1 Å². The normalized spacial score (nSPS) is 10.2. The Morgan fingerprint density at radius 1 is 1.00 bits per heavy atom. The molecule has 1 N–H and O–H groups in total. The number of benzene rings is 2. The van der Waals surface area contributed by atoms with E-state index in [1.807, 2.05) is 6.92 Å². The van der Waals surface area contributed by atoms with Crippen LogP contribution in [0.15, 0.2) is 36.4 Å². The molecule has 0 fully saturated rings. The Kier molecular flexibility index (Phi) is 6.38. The van der Waals surface area contributed by atoms with Crippen molar-refractivity contribution in [3.8, 4) is 0 Å². The first-order chi connectivity index (χ1) is 13.2. The highest BCUT2D eigenvalue weighted by atomic mass is 16.6. The zero-order valence-electron chi connectivity index (χ0n) is 15.1. The molecule has 0 unspecified atom stereocenters. The van der Waals surface area contributed by atoms with Crippen LogP contribution in [0.4, 0.5) is 17.1 Å². The molecule has 1 amide bonds. The highest BCUT2D eigenvalue weighted by molar-refractivity contribution is 6.05. The summed E-state index contributed by atoms with van der Waals surface area (Å²) in [6.45, 7) is 3.41. The number of ether oxygens (including phenoxy) is 1. The Hall–Kier alpha value is -3.82. The molecule has 0 aromatic heterocycles. The minimum atomic E-state index is -0.782. The van der Waals surface area contributed by atoms with Crippen LogP contribution in [-0.2, 0) is 4.74 Å². The topological polar surface area (TPSA) is 142 Å². The molecular formula is C18H17N3O7. The van der Waals surface area contributed by atoms with Crippen molar-refractivity contribution >= 4 is 28.9 Å². The van der Waals surface area contributed by atoms with E-state index in [0.29, 0.717) is 24.3 Å². The van der Waals surface area contributed by atoms with Crippen LogP contribution in [0.1, 0.15) is 39.6 Å². The van der Waals surface area contributed by atoms with Gasteiger partial charge in [-0.25, -0.2) is 4.79 Å². The SMILES string of the molecule is CCCOC(=O)c1ccc(NC(=O)c2cc([N+](=O)[O-])c(C)c([N+](=O)[O-])c2)cc1. The van der Waals surface area contributed by atoms with Gasteiger partial charge in [0.25, 0.3) is 17.3 Å². The summed E-state index contributed by atoms with van der Waals surface area (Å²) in [5.74, 6) is -1.25. The van der Waals surface area contributed by atoms with E-state index in [-0.39, 0.29) is 11.1 Å². The minimum absolute atomic E-state index is 0.138. The zero-order chi connectivity index (χ0) is 20.8. The van der Waals surface area contributed by atoms with Crippen molar-refractivity contribution in [1.29, 1.82) is 0 Å². The fourth-order valence-corrected chi connectivity index (χ4v) is 2.37. The smallest absolute Gasteiger partial charge is 0.338 e. The fraction of sp³-hybridized carbons (Fsp3) is 0.222. The minimum Gasteiger partial charge on any atom is -0.462 e. The molecule has 0 radical (unpaired) electrons. The van der Waals surface area contributed by atoms with Crippen LogP contribution in [-0.4, -0.2) is 28.3 Å². The van der Waals surface area contributed by atoms with Gasteiger partial charge in [-0.3, -0.25) is 25.0 Å². The Labute approximate surface area is 159 Å². The standard InChI is InChI=1S/C18H17N3O7/c1-3-8-28-18(23)12-4-6-14(7-5-12)19-17(22)13-9-15(20(24)25)11(2)16(10-13)21(26)27/h4-7,9-10H,3,8H2,1-2H3,(H,19,22). The molecule has 2 aromatic carbocycles. The predicted octanol–water partition coefficient (Wildman–Crippen LogP) is 3.63. The summed E-state index contributed by atoms with van der Waals surface area (Å²) >= 11 is 0. The van der Waals surface area contributed by atoms with Gasteiger partial charge in [0.1, 0.15) is 5.56 Å². The summed E-state index contributed by atoms with van der Waals surface area (Å²) in [6, 6.07) is 7.78. The fourth-order valence-electron chi connectivity index (χ4n) is 2.37. The molecular weight excluding hydrogens is 370 g/mol. The van der Waals surface area contributed by atoms with Crippen molar-refractivity contribution in [2.45, 2.75) is 20.3 Å². The average molecular weight is 387 g/mol. The number of nitrogens with one attached hydrogen (secondary N) is 1. The van der Waals surface area contributed by atoms with Crippen molar-refractivity contribution in [1.82, 2.24) is 0 Å². The van der Waals surface area contributed by atoms with Crippen molar-refractivity contribution in [2.75, 3.05) is 11.9 Å². The first-order valence-electron chi connectivity index (χ1n) is 8.26. The molecule has 10 nitrogen and oxygen atoms in total. The van der Waals surface area contributed by atoms with Gasteiger partial charge in [-0.05, 0) is 37.6 Å². The molecule has 2 aromatic rings. The lowest BCUT2D eigenvalue weighted by Gasteiger charge is -2.08. The molecule has 2 rings (SSSR count). The van der Waals surface area contributed by atoms with E-state index >= 15 is 0 Å². The van der Waals surface area contributed by atoms with Gasteiger partial charge in [0.15, 0.2) is 0 Å². The van der Waals surface area contributed by atoms with E-state index in [4.69, 9.17) is 4.74 Å². The molecule has 0 aliphatic heterocycles. The quantitative estimate of drug-likeness (QED) is 0.434. The number of esters is 1. The van der Waals surface area contributed by atoms with Gasteiger partial charge < -0.3 is 10.1 Å². The number of nitrogens with zero attached hydrogens (tertiary/aromatic N) is 2. The highest BCUT2D eigenvalue weighted by Gasteiger charge is 2.25. The lowest BCUT2D eigenvalue weighted by atomic mass is 10.1. The van der Waals surface area contributed by atoms with Crippen LogP contribution < -0.4 is 5.32 Å². The maximum atomic E-state index is 12.4. The van der Waals surface area contributed by atoms with E-state index in [1.165, 1.54) is 31.2 Å². The van der Waals surface area contributed by atoms with E-state index in [9.17, 15) is 29.8 Å². The van der Waals surface area contributed by atoms with Crippen molar-refractivity contribution in [2.24, 2.45) is 0 Å². The van der Waals surface area contributed by atoms with E-state index in [2.05, 4.69) is 5.32 Å². The third-order valence-electron chi connectivity index (χ3n) is 3.82. The number of hydrogen-bond acceptors (Lipinski definition) is 7. The molecule has 0 saturated carbocycles. The van der Waals surface area contributed by atoms with Crippen LogP contribution in [0.3, 0.4) is 0 Å². The summed E-state index contributed by atoms with van der Waals surface area (Å²) in [5, 5.41) is 24.7. The number of rotatable bonds is 7. The number of amides is 1. The Morgan fingerprint density at radius 2 is 1.54 bits per heavy atom. The van der Waals surface area contributed by atoms with Crippen LogP contribution in [0.25, 0.3) is 0 Å². The summed E-state index contributed by atoms with van der Waals surface area (Å²) < 4.78 is 5.00. The number of nitro benzene ring substituents is 2. The van der Waals surface area contributed by atoms with Crippen molar-refractivity contribution < 1.29 is 24.2 Å². The summed E-state index contributed by atoms with van der Waals surface area (Å²) in [7, 11) is 0. The zero-order valence-corrected chi connectivity index (χ0v) is 15.1. The van der Waals surface area contributed by atoms with E-state index in [0.717, 1.165) is 12.1 Å². The molecule has 0 atom stereocenters. The van der Waals surface area contributed by atoms with Gasteiger partial charge in [-0.15, -0.1) is 0 Å². The third-order valence-corrected chi connectivity index (χ3v) is 3.82. The number of carbonyl (C=O) groups excluding carboxylic acids is 2. The molecule has 0 saturated heterocycles. The molecule has 0 spiro atoms. The molecule has 0 aliphatic rings. The van der Waals surface area contributed by atoms with Gasteiger partial charge in [-0.1, -0.05) is 6.92 Å². The van der Waals surface area contributed by atoms with Gasteiger partial charge in [0.2, 0.25) is 0 Å². The maximum absolute atomic E-state index is 12.4. The lowest BCUT2D eigenvalue weighted by Crippen LogP contribution is -2.13. The van der Waals surface area contributed by atoms with Gasteiger partial charge in [0, 0.05) is 17.8 Å². The number of anilines is 1. The van der Waals surface area contributed by atoms with E-state index in [1.54, 1.807) is 0 Å². The van der Waals surface area contributed by atoms with Crippen molar-refractivity contribution in [3.05, 3.63) is 73.3 Å². The maximum Gasteiger partial charge on any atom is 0.338 e. The van der Waals surface area contributed by atoms with Gasteiger partial charge >= 0.3 is 5.97 Å². The van der Waals surface area contributed by atoms with Gasteiger partial charge in [-0.2, -0.15) is 0 Å². The van der Waals surface area contributed by atoms with Crippen LogP contribution in [0.5, 0.6) is 0 Å². The number of nitro groups is 2. The second-order valence-electron chi connectivity index (χ2n) is 5.82. The second-order valence-corrected chi connectivity index (χ2v) is 5.82. The summed E-state index contributed by atoms with van der Waals surface area (Å²) in [5.41, 5.74) is -0.797. The first kappa shape index (κ1) is 20.5. The highest BCUT2D eigenvalue weighted by Crippen LogP contribution is 2.29.